The molecule has 0 spiro atoms. The van der Waals surface area contributed by atoms with E-state index in [2.05, 4.69) is 15.5 Å². The normalized spacial score (nSPS) is 29.6. The first-order valence-corrected chi connectivity index (χ1v) is 9.40. The van der Waals surface area contributed by atoms with Crippen molar-refractivity contribution in [2.75, 3.05) is 18.0 Å². The molecule has 8 heteroatoms. The van der Waals surface area contributed by atoms with Gasteiger partial charge in [0.1, 0.15) is 6.04 Å². The summed E-state index contributed by atoms with van der Waals surface area (Å²) in [5.74, 6) is -1.49. The van der Waals surface area contributed by atoms with Gasteiger partial charge < -0.3 is 15.1 Å². The van der Waals surface area contributed by atoms with Crippen molar-refractivity contribution in [1.82, 2.24) is 15.5 Å². The molecule has 0 radical (unpaired) electrons. The standard InChI is InChI=1S/C19H21FN4O3/c1-9-4-14(23-7-10-5-11(23)6-21-10)17(20)12-8-24(19(27)16(9)12)13-2-3-15(25)22-18(13)26/h4,10-11,13,21H,2-3,5-8H2,1H3,(H,22,25,26)/t10-,11-,13?/m1/s1. The van der Waals surface area contributed by atoms with Gasteiger partial charge in [0, 0.05) is 37.2 Å². The van der Waals surface area contributed by atoms with Gasteiger partial charge in [0.2, 0.25) is 11.8 Å². The van der Waals surface area contributed by atoms with Crippen LogP contribution in [0.3, 0.4) is 0 Å². The molecule has 4 aliphatic rings. The van der Waals surface area contributed by atoms with Crippen LogP contribution in [0.5, 0.6) is 0 Å². The molecule has 3 amide bonds. The predicted molar refractivity (Wildman–Crippen MR) is 94.7 cm³/mol. The second-order valence-electron chi connectivity index (χ2n) is 7.93. The number of halogens is 1. The Morgan fingerprint density at radius 2 is 2.04 bits per heavy atom. The Labute approximate surface area is 155 Å². The topological polar surface area (TPSA) is 81.8 Å². The maximum atomic E-state index is 15.4. The number of amides is 3. The van der Waals surface area contributed by atoms with E-state index in [-0.39, 0.29) is 43.1 Å². The largest absolute Gasteiger partial charge is 0.363 e. The molecule has 3 fully saturated rings. The fourth-order valence-electron chi connectivity index (χ4n) is 4.97. The number of hydrogen-bond donors (Lipinski definition) is 2. The molecule has 4 aliphatic heterocycles. The molecule has 2 N–H and O–H groups in total. The molecule has 1 unspecified atom stereocenters. The summed E-state index contributed by atoms with van der Waals surface area (Å²) in [6.07, 6.45) is 1.48. The lowest BCUT2D eigenvalue weighted by atomic mass is 10.0. The number of carbonyl (C=O) groups is 3. The number of imide groups is 1. The number of carbonyl (C=O) groups excluding carboxylic acids is 3. The van der Waals surface area contributed by atoms with Gasteiger partial charge in [-0.05, 0) is 31.4 Å². The Morgan fingerprint density at radius 3 is 2.70 bits per heavy atom. The number of piperidine rings is 1. The van der Waals surface area contributed by atoms with Gasteiger partial charge >= 0.3 is 0 Å². The van der Waals surface area contributed by atoms with Crippen molar-refractivity contribution >= 4 is 23.4 Å². The molecular formula is C19H21FN4O3. The van der Waals surface area contributed by atoms with Crippen molar-refractivity contribution in [1.29, 1.82) is 0 Å². The molecule has 1 aromatic rings. The average molecular weight is 372 g/mol. The smallest absolute Gasteiger partial charge is 0.255 e. The van der Waals surface area contributed by atoms with Crippen LogP contribution >= 0.6 is 0 Å². The highest BCUT2D eigenvalue weighted by atomic mass is 19.1. The van der Waals surface area contributed by atoms with Crippen molar-refractivity contribution in [2.45, 2.75) is 50.9 Å². The number of anilines is 1. The number of rotatable bonds is 2. The fourth-order valence-corrected chi connectivity index (χ4v) is 4.97. The van der Waals surface area contributed by atoms with Gasteiger partial charge in [-0.15, -0.1) is 0 Å². The molecule has 2 bridgehead atoms. The van der Waals surface area contributed by atoms with Gasteiger partial charge in [-0.2, -0.15) is 0 Å². The monoisotopic (exact) mass is 372 g/mol. The zero-order chi connectivity index (χ0) is 18.9. The zero-order valence-corrected chi connectivity index (χ0v) is 15.0. The van der Waals surface area contributed by atoms with Crippen LogP contribution in [0.25, 0.3) is 0 Å². The van der Waals surface area contributed by atoms with E-state index in [1.54, 1.807) is 6.07 Å². The summed E-state index contributed by atoms with van der Waals surface area (Å²) < 4.78 is 15.4. The van der Waals surface area contributed by atoms with Crippen LogP contribution in [-0.2, 0) is 16.1 Å². The van der Waals surface area contributed by atoms with E-state index in [1.165, 1.54) is 4.90 Å². The second kappa shape index (κ2) is 5.76. The number of piperazine rings is 1. The number of fused-ring (bicyclic) bond motifs is 3. The van der Waals surface area contributed by atoms with Crippen LogP contribution < -0.4 is 15.5 Å². The minimum absolute atomic E-state index is 0.0706. The molecule has 142 valence electrons. The van der Waals surface area contributed by atoms with Crippen LogP contribution in [0.15, 0.2) is 6.07 Å². The van der Waals surface area contributed by atoms with Crippen LogP contribution in [0.1, 0.15) is 40.7 Å². The van der Waals surface area contributed by atoms with Gasteiger partial charge in [0.15, 0.2) is 5.82 Å². The highest BCUT2D eigenvalue weighted by Gasteiger charge is 2.43. The van der Waals surface area contributed by atoms with E-state index in [1.807, 2.05) is 6.92 Å². The lowest BCUT2D eigenvalue weighted by Crippen LogP contribution is -2.52. The summed E-state index contributed by atoms with van der Waals surface area (Å²) in [6, 6.07) is 1.72. The molecular weight excluding hydrogens is 351 g/mol. The van der Waals surface area contributed by atoms with E-state index in [0.717, 1.165) is 25.1 Å². The minimum atomic E-state index is -0.725. The highest BCUT2D eigenvalue weighted by molar-refractivity contribution is 6.06. The van der Waals surface area contributed by atoms with Gasteiger partial charge in [-0.25, -0.2) is 4.39 Å². The van der Waals surface area contributed by atoms with Gasteiger partial charge in [0.05, 0.1) is 17.8 Å². The Bertz CT molecular complexity index is 886. The molecule has 3 atom stereocenters. The van der Waals surface area contributed by atoms with E-state index in [0.29, 0.717) is 22.9 Å². The number of nitrogens with one attached hydrogen (secondary N) is 2. The van der Waals surface area contributed by atoms with E-state index >= 15 is 4.39 Å². The summed E-state index contributed by atoms with van der Waals surface area (Å²) in [5.41, 5.74) is 2.02. The SMILES string of the molecule is Cc1cc(N2C[C@H]3C[C@@H]2CN3)c(F)c2c1C(=O)N(C1CCC(=O)NC1=O)C2. The van der Waals surface area contributed by atoms with Crippen molar-refractivity contribution < 1.29 is 18.8 Å². The van der Waals surface area contributed by atoms with Gasteiger partial charge in [0.25, 0.3) is 5.91 Å². The predicted octanol–water partition coefficient (Wildman–Crippen LogP) is 0.446. The summed E-state index contributed by atoms with van der Waals surface area (Å²) in [7, 11) is 0. The highest BCUT2D eigenvalue weighted by Crippen LogP contribution is 2.39. The van der Waals surface area contributed by atoms with Crippen molar-refractivity contribution in [2.24, 2.45) is 0 Å². The summed E-state index contributed by atoms with van der Waals surface area (Å²) >= 11 is 0. The Hall–Kier alpha value is -2.48. The summed E-state index contributed by atoms with van der Waals surface area (Å²) in [6.45, 7) is 3.51. The third kappa shape index (κ3) is 2.39. The van der Waals surface area contributed by atoms with Crippen LogP contribution in [0, 0.1) is 12.7 Å². The molecule has 0 aromatic heterocycles. The first-order valence-electron chi connectivity index (χ1n) is 9.40. The second-order valence-corrected chi connectivity index (χ2v) is 7.93. The van der Waals surface area contributed by atoms with Crippen LogP contribution in [0.2, 0.25) is 0 Å². The minimum Gasteiger partial charge on any atom is -0.363 e. The van der Waals surface area contributed by atoms with Crippen LogP contribution in [-0.4, -0.2) is 53.8 Å². The number of hydrogen-bond acceptors (Lipinski definition) is 5. The lowest BCUT2D eigenvalue weighted by Gasteiger charge is -2.30. The number of nitrogens with zero attached hydrogens (tertiary/aromatic N) is 2. The van der Waals surface area contributed by atoms with E-state index < -0.39 is 11.9 Å². The molecule has 5 rings (SSSR count). The quantitative estimate of drug-likeness (QED) is 0.737. The third-order valence-corrected chi connectivity index (χ3v) is 6.29. The van der Waals surface area contributed by atoms with Gasteiger partial charge in [-0.3, -0.25) is 19.7 Å². The van der Waals surface area contributed by atoms with Gasteiger partial charge in [-0.1, -0.05) is 0 Å². The Morgan fingerprint density at radius 1 is 1.22 bits per heavy atom. The van der Waals surface area contributed by atoms with Crippen molar-refractivity contribution in [3.63, 3.8) is 0 Å². The van der Waals surface area contributed by atoms with E-state index in [4.69, 9.17) is 0 Å². The number of benzene rings is 1. The first-order chi connectivity index (χ1) is 12.9. The molecule has 0 aliphatic carbocycles. The third-order valence-electron chi connectivity index (χ3n) is 6.29. The Kier molecular flexibility index (Phi) is 3.56. The maximum absolute atomic E-state index is 15.4. The molecule has 27 heavy (non-hydrogen) atoms. The number of aryl methyl sites for hydroxylation is 1. The summed E-state index contributed by atoms with van der Waals surface area (Å²) in [4.78, 5) is 40.0. The maximum Gasteiger partial charge on any atom is 0.255 e. The molecule has 4 heterocycles. The molecule has 1 aromatic carbocycles. The summed E-state index contributed by atoms with van der Waals surface area (Å²) in [5, 5.41) is 5.69. The molecule has 3 saturated heterocycles. The average Bonchev–Trinajstić information content (AvgIpc) is 3.33. The van der Waals surface area contributed by atoms with Crippen molar-refractivity contribution in [3.05, 3.63) is 28.6 Å². The molecule has 0 saturated carbocycles. The van der Waals surface area contributed by atoms with E-state index in [9.17, 15) is 14.4 Å². The zero-order valence-electron chi connectivity index (χ0n) is 15.0. The fraction of sp³-hybridized carbons (Fsp3) is 0.526. The van der Waals surface area contributed by atoms with Crippen molar-refractivity contribution in [3.8, 4) is 0 Å². The molecule has 7 nitrogen and oxygen atoms in total. The first kappa shape index (κ1) is 16.7. The Balaban J connectivity index is 1.49. The lowest BCUT2D eigenvalue weighted by molar-refractivity contribution is -0.136. The van der Waals surface area contributed by atoms with Crippen LogP contribution in [0.4, 0.5) is 10.1 Å².